The SMILES string of the molecule is CS(=O)(=O)NCc1cc(F)cc(-c2nccc3[nH]c(-c4[nH]nc5ncc(-c6cncc(N7CC(N)C7)n6)cc45)cc23)c1. The third kappa shape index (κ3) is 4.95. The van der Waals surface area contributed by atoms with Crippen molar-refractivity contribution in [3.63, 3.8) is 0 Å². The summed E-state index contributed by atoms with van der Waals surface area (Å²) in [7, 11) is -3.44. The zero-order valence-corrected chi connectivity index (χ0v) is 23.2. The first-order chi connectivity index (χ1) is 20.2. The molecule has 5 N–H and O–H groups in total. The molecular weight excluding hydrogens is 559 g/mol. The lowest BCUT2D eigenvalue weighted by atomic mass is 10.0. The zero-order valence-electron chi connectivity index (χ0n) is 22.3. The maximum absolute atomic E-state index is 14.6. The number of hydrogen-bond acceptors (Lipinski definition) is 9. The fourth-order valence-corrected chi connectivity index (χ4v) is 5.54. The molecule has 1 aliphatic rings. The molecule has 0 spiro atoms. The number of H-pyrrole nitrogens is 2. The van der Waals surface area contributed by atoms with Gasteiger partial charge in [-0.2, -0.15) is 5.10 Å². The molecule has 1 fully saturated rings. The van der Waals surface area contributed by atoms with Crippen LogP contribution in [0, 0.1) is 5.82 Å². The van der Waals surface area contributed by atoms with Crippen LogP contribution in [0.15, 0.2) is 61.2 Å². The molecule has 1 aliphatic heterocycles. The van der Waals surface area contributed by atoms with Gasteiger partial charge < -0.3 is 15.6 Å². The molecule has 42 heavy (non-hydrogen) atoms. The van der Waals surface area contributed by atoms with Gasteiger partial charge in [0.25, 0.3) is 0 Å². The van der Waals surface area contributed by atoms with Gasteiger partial charge in [0.2, 0.25) is 10.0 Å². The first kappa shape index (κ1) is 26.1. The van der Waals surface area contributed by atoms with Gasteiger partial charge in [0.15, 0.2) is 5.65 Å². The monoisotopic (exact) mass is 584 g/mol. The fraction of sp³-hybridized carbons (Fsp3) is 0.179. The molecule has 0 bridgehead atoms. The van der Waals surface area contributed by atoms with E-state index in [4.69, 9.17) is 10.7 Å². The van der Waals surface area contributed by atoms with Crippen molar-refractivity contribution in [2.45, 2.75) is 12.6 Å². The van der Waals surface area contributed by atoms with Crippen LogP contribution >= 0.6 is 0 Å². The number of hydrogen-bond donors (Lipinski definition) is 4. The second-order valence-corrected chi connectivity index (χ2v) is 12.2. The molecule has 6 heterocycles. The minimum Gasteiger partial charge on any atom is -0.353 e. The van der Waals surface area contributed by atoms with Crippen LogP contribution in [0.2, 0.25) is 0 Å². The molecule has 0 aliphatic carbocycles. The molecule has 1 aromatic carbocycles. The van der Waals surface area contributed by atoms with E-state index in [1.54, 1.807) is 30.9 Å². The summed E-state index contributed by atoms with van der Waals surface area (Å²) in [5.41, 5.74) is 11.7. The Morgan fingerprint density at radius 2 is 1.93 bits per heavy atom. The maximum atomic E-state index is 14.6. The first-order valence-electron chi connectivity index (χ1n) is 13.1. The molecule has 12 nitrogen and oxygen atoms in total. The highest BCUT2D eigenvalue weighted by atomic mass is 32.2. The fourth-order valence-electron chi connectivity index (χ4n) is 5.11. The van der Waals surface area contributed by atoms with Crippen molar-refractivity contribution >= 4 is 37.8 Å². The first-order valence-corrected chi connectivity index (χ1v) is 15.0. The molecule has 7 rings (SSSR count). The smallest absolute Gasteiger partial charge is 0.209 e. The predicted molar refractivity (Wildman–Crippen MR) is 157 cm³/mol. The Bertz CT molecular complexity index is 2090. The lowest BCUT2D eigenvalue weighted by Gasteiger charge is -2.37. The number of nitrogens with one attached hydrogen (secondary N) is 3. The summed E-state index contributed by atoms with van der Waals surface area (Å²) in [4.78, 5) is 23.7. The third-order valence-corrected chi connectivity index (χ3v) is 7.82. The molecule has 212 valence electrons. The highest BCUT2D eigenvalue weighted by molar-refractivity contribution is 7.88. The molecule has 0 atom stereocenters. The largest absolute Gasteiger partial charge is 0.353 e. The van der Waals surface area contributed by atoms with Gasteiger partial charge in [0, 0.05) is 65.5 Å². The molecule has 0 amide bonds. The van der Waals surface area contributed by atoms with Crippen molar-refractivity contribution in [1.29, 1.82) is 0 Å². The lowest BCUT2D eigenvalue weighted by Crippen LogP contribution is -2.56. The van der Waals surface area contributed by atoms with Crippen LogP contribution in [0.5, 0.6) is 0 Å². The summed E-state index contributed by atoms with van der Waals surface area (Å²) < 4.78 is 40.1. The average molecular weight is 585 g/mol. The Morgan fingerprint density at radius 3 is 2.74 bits per heavy atom. The number of rotatable bonds is 7. The van der Waals surface area contributed by atoms with Crippen LogP contribution in [-0.2, 0) is 16.6 Å². The molecule has 0 unspecified atom stereocenters. The summed E-state index contributed by atoms with van der Waals surface area (Å²) in [6.45, 7) is 1.45. The number of sulfonamides is 1. The number of benzene rings is 1. The van der Waals surface area contributed by atoms with Crippen LogP contribution in [0.25, 0.3) is 55.8 Å². The van der Waals surface area contributed by atoms with E-state index in [1.807, 2.05) is 18.2 Å². The number of anilines is 1. The number of aromatic nitrogens is 7. The van der Waals surface area contributed by atoms with E-state index in [1.165, 1.54) is 12.1 Å². The molecule has 6 aromatic rings. The van der Waals surface area contributed by atoms with Crippen molar-refractivity contribution in [3.05, 3.63) is 72.6 Å². The maximum Gasteiger partial charge on any atom is 0.209 e. The molecule has 0 radical (unpaired) electrons. The second-order valence-electron chi connectivity index (χ2n) is 10.4. The van der Waals surface area contributed by atoms with Crippen molar-refractivity contribution in [2.24, 2.45) is 5.73 Å². The summed E-state index contributed by atoms with van der Waals surface area (Å²) in [6, 6.07) is 10.3. The lowest BCUT2D eigenvalue weighted by molar-refractivity contribution is 0.514. The Kier molecular flexibility index (Phi) is 6.18. The standard InChI is InChI=1S/C28H25FN10O2S/c1-42(40,41)34-9-15-4-16(6-18(29)5-15)26-20-8-23(35-22(20)2-3-32-26)27-21-7-17(10-33-28(21)38-37-27)24-11-31-12-25(36-24)39-13-19(30)14-39/h2-8,10-12,19,34-35H,9,13-14,30H2,1H3,(H,33,37,38). The highest BCUT2D eigenvalue weighted by Crippen LogP contribution is 2.34. The van der Waals surface area contributed by atoms with E-state index < -0.39 is 15.8 Å². The van der Waals surface area contributed by atoms with E-state index in [9.17, 15) is 12.8 Å². The topological polar surface area (TPSA) is 171 Å². The molecule has 5 aromatic heterocycles. The van der Waals surface area contributed by atoms with Crippen LogP contribution in [-0.4, -0.2) is 68.9 Å². The van der Waals surface area contributed by atoms with Gasteiger partial charge in [-0.1, -0.05) is 0 Å². The van der Waals surface area contributed by atoms with E-state index in [0.29, 0.717) is 28.2 Å². The zero-order chi connectivity index (χ0) is 29.0. The van der Waals surface area contributed by atoms with Gasteiger partial charge in [-0.05, 0) is 42.0 Å². The number of halogens is 1. The Labute approximate surface area is 239 Å². The van der Waals surface area contributed by atoms with E-state index in [2.05, 4.69) is 39.8 Å². The summed E-state index contributed by atoms with van der Waals surface area (Å²) in [5.74, 6) is 0.277. The highest BCUT2D eigenvalue weighted by Gasteiger charge is 2.25. The van der Waals surface area contributed by atoms with Crippen LogP contribution in [0.4, 0.5) is 10.2 Å². The number of nitrogens with two attached hydrogens (primary N) is 1. The van der Waals surface area contributed by atoms with Gasteiger partial charge in [-0.25, -0.2) is 27.5 Å². The van der Waals surface area contributed by atoms with Crippen LogP contribution < -0.4 is 15.4 Å². The van der Waals surface area contributed by atoms with Crippen molar-refractivity contribution < 1.29 is 12.8 Å². The van der Waals surface area contributed by atoms with Gasteiger partial charge in [-0.15, -0.1) is 0 Å². The number of aromatic amines is 2. The molecule has 14 heteroatoms. The Balaban J connectivity index is 1.26. The van der Waals surface area contributed by atoms with Crippen LogP contribution in [0.3, 0.4) is 0 Å². The van der Waals surface area contributed by atoms with Crippen molar-refractivity contribution in [2.75, 3.05) is 24.2 Å². The third-order valence-electron chi connectivity index (χ3n) is 7.15. The van der Waals surface area contributed by atoms with Crippen molar-refractivity contribution in [1.82, 2.24) is 39.8 Å². The van der Waals surface area contributed by atoms with Crippen molar-refractivity contribution in [3.8, 4) is 33.9 Å². The van der Waals surface area contributed by atoms with E-state index >= 15 is 0 Å². The minimum absolute atomic E-state index is 0.0354. The normalized spacial score (nSPS) is 14.1. The minimum atomic E-state index is -3.44. The van der Waals surface area contributed by atoms with E-state index in [-0.39, 0.29) is 12.6 Å². The van der Waals surface area contributed by atoms with Gasteiger partial charge >= 0.3 is 0 Å². The van der Waals surface area contributed by atoms with Gasteiger partial charge in [0.05, 0.1) is 41.4 Å². The average Bonchev–Trinajstić information content (AvgIpc) is 3.57. The Hall–Kier alpha value is -4.79. The number of nitrogens with zero attached hydrogens (tertiary/aromatic N) is 6. The molecular formula is C28H25FN10O2S. The second kappa shape index (κ2) is 9.94. The summed E-state index contributed by atoms with van der Waals surface area (Å²) in [6.07, 6.45) is 7.84. The molecule has 1 saturated heterocycles. The number of fused-ring (bicyclic) bond motifs is 2. The van der Waals surface area contributed by atoms with Crippen LogP contribution in [0.1, 0.15) is 5.56 Å². The van der Waals surface area contributed by atoms with Gasteiger partial charge in [0.1, 0.15) is 11.6 Å². The molecule has 0 saturated carbocycles. The number of pyridine rings is 2. The Morgan fingerprint density at radius 1 is 1.07 bits per heavy atom. The summed E-state index contributed by atoms with van der Waals surface area (Å²) in [5, 5.41) is 9.01. The quantitative estimate of drug-likeness (QED) is 0.220. The predicted octanol–water partition coefficient (Wildman–Crippen LogP) is 2.96. The van der Waals surface area contributed by atoms with E-state index in [0.717, 1.165) is 58.4 Å². The summed E-state index contributed by atoms with van der Waals surface area (Å²) >= 11 is 0. The van der Waals surface area contributed by atoms with Gasteiger partial charge in [-0.3, -0.25) is 15.1 Å².